The normalized spacial score (nSPS) is 11.5. The van der Waals surface area contributed by atoms with Crippen molar-refractivity contribution in [3.05, 3.63) is 106 Å². The van der Waals surface area contributed by atoms with E-state index in [4.69, 9.17) is 0 Å². The molecule has 0 saturated carbocycles. The van der Waals surface area contributed by atoms with Crippen LogP contribution in [0.3, 0.4) is 0 Å². The Bertz CT molecular complexity index is 2130. The van der Waals surface area contributed by atoms with Crippen molar-refractivity contribution in [2.45, 2.75) is 27.7 Å². The highest BCUT2D eigenvalue weighted by Gasteiger charge is 2.29. The molecule has 2 N–H and O–H groups in total. The van der Waals surface area contributed by atoms with Crippen LogP contribution in [0.1, 0.15) is 43.0 Å². The quantitative estimate of drug-likeness (QED) is 0.188. The first-order chi connectivity index (χ1) is 21.1. The number of aromatic carboxylic acids is 2. The summed E-state index contributed by atoms with van der Waals surface area (Å²) in [6.45, 7) is 7.62. The SMILES string of the molecule is Cc1ccc2sc(-c3ccc(-c4c(C)c(C(=O)O)c(-c5ccc(-c6cc7cc(C)ccc7s6)s5)c(C)c4C(=O)O)s3)cc2c1. The van der Waals surface area contributed by atoms with Gasteiger partial charge in [0.2, 0.25) is 0 Å². The Kier molecular flexibility index (Phi) is 7.05. The average molecular weight is 651 g/mol. The minimum Gasteiger partial charge on any atom is -0.478 e. The molecule has 0 aliphatic heterocycles. The van der Waals surface area contributed by atoms with Gasteiger partial charge in [0.15, 0.2) is 0 Å². The minimum atomic E-state index is -1.07. The maximum atomic E-state index is 12.9. The molecule has 44 heavy (non-hydrogen) atoms. The monoisotopic (exact) mass is 650 g/mol. The zero-order valence-corrected chi connectivity index (χ0v) is 27.5. The van der Waals surface area contributed by atoms with Gasteiger partial charge in [0.25, 0.3) is 0 Å². The number of rotatable bonds is 6. The van der Waals surface area contributed by atoms with Crippen LogP contribution in [-0.2, 0) is 0 Å². The molecule has 4 heterocycles. The summed E-state index contributed by atoms with van der Waals surface area (Å²) in [4.78, 5) is 31.5. The summed E-state index contributed by atoms with van der Waals surface area (Å²) in [6.07, 6.45) is 0. The Balaban J connectivity index is 1.37. The van der Waals surface area contributed by atoms with E-state index in [0.717, 1.165) is 29.3 Å². The van der Waals surface area contributed by atoms with E-state index in [1.807, 2.05) is 24.3 Å². The molecule has 0 unspecified atom stereocenters. The van der Waals surface area contributed by atoms with E-state index in [-0.39, 0.29) is 11.1 Å². The number of aryl methyl sites for hydroxylation is 2. The van der Waals surface area contributed by atoms with Gasteiger partial charge in [-0.05, 0) is 98.1 Å². The van der Waals surface area contributed by atoms with Gasteiger partial charge in [-0.3, -0.25) is 0 Å². The van der Waals surface area contributed by atoms with Gasteiger partial charge in [0.05, 0.1) is 11.1 Å². The Morgan fingerprint density at radius 3 is 1.25 bits per heavy atom. The van der Waals surface area contributed by atoms with Crippen molar-refractivity contribution in [3.63, 3.8) is 0 Å². The van der Waals surface area contributed by atoms with E-state index in [0.29, 0.717) is 22.3 Å². The molecule has 0 saturated heterocycles. The van der Waals surface area contributed by atoms with Crippen molar-refractivity contribution in [2.75, 3.05) is 0 Å². The molecule has 4 aromatic heterocycles. The molecule has 0 aliphatic rings. The zero-order valence-electron chi connectivity index (χ0n) is 24.3. The van der Waals surface area contributed by atoms with E-state index in [1.165, 1.54) is 54.0 Å². The molecule has 0 aliphatic carbocycles. The molecule has 3 aromatic carbocycles. The molecule has 0 atom stereocenters. The molecule has 4 nitrogen and oxygen atoms in total. The molecular formula is C36H26O4S4. The molecular weight excluding hydrogens is 625 g/mol. The highest BCUT2D eigenvalue weighted by molar-refractivity contribution is 7.27. The summed E-state index contributed by atoms with van der Waals surface area (Å²) < 4.78 is 2.38. The number of fused-ring (bicyclic) bond motifs is 2. The van der Waals surface area contributed by atoms with Crippen LogP contribution in [0.5, 0.6) is 0 Å². The molecule has 7 rings (SSSR count). The fourth-order valence-corrected chi connectivity index (χ4v) is 10.4. The van der Waals surface area contributed by atoms with Crippen LogP contribution in [0.25, 0.3) is 60.6 Å². The van der Waals surface area contributed by atoms with Crippen molar-refractivity contribution >= 4 is 77.5 Å². The Morgan fingerprint density at radius 1 is 0.477 bits per heavy atom. The lowest BCUT2D eigenvalue weighted by molar-refractivity contribution is 0.0681. The third-order valence-electron chi connectivity index (χ3n) is 7.96. The van der Waals surface area contributed by atoms with Gasteiger partial charge in [-0.1, -0.05) is 35.4 Å². The maximum Gasteiger partial charge on any atom is 0.336 e. The summed E-state index contributed by atoms with van der Waals surface area (Å²) in [7, 11) is 0. The van der Waals surface area contributed by atoms with Gasteiger partial charge < -0.3 is 10.2 Å². The van der Waals surface area contributed by atoms with Gasteiger partial charge in [0.1, 0.15) is 0 Å². The van der Waals surface area contributed by atoms with Gasteiger partial charge in [-0.15, -0.1) is 45.3 Å². The lowest BCUT2D eigenvalue weighted by Gasteiger charge is -2.19. The Labute approximate surface area is 270 Å². The molecule has 8 heteroatoms. The highest BCUT2D eigenvalue weighted by Crippen LogP contribution is 2.48. The van der Waals surface area contributed by atoms with Crippen LogP contribution >= 0.6 is 45.3 Å². The van der Waals surface area contributed by atoms with Gasteiger partial charge in [-0.25, -0.2) is 9.59 Å². The van der Waals surface area contributed by atoms with Gasteiger partial charge >= 0.3 is 11.9 Å². The van der Waals surface area contributed by atoms with Crippen molar-refractivity contribution in [1.29, 1.82) is 0 Å². The Hall–Kier alpha value is -4.08. The first kappa shape index (κ1) is 28.7. The highest BCUT2D eigenvalue weighted by atomic mass is 32.1. The smallest absolute Gasteiger partial charge is 0.336 e. The third-order valence-corrected chi connectivity index (χ3v) is 12.8. The van der Waals surface area contributed by atoms with Crippen molar-refractivity contribution in [3.8, 4) is 40.4 Å². The van der Waals surface area contributed by atoms with Crippen LogP contribution in [0.4, 0.5) is 0 Å². The second-order valence-electron chi connectivity index (χ2n) is 11.0. The second kappa shape index (κ2) is 10.8. The number of carboxylic acid groups (broad SMARTS) is 2. The van der Waals surface area contributed by atoms with Crippen LogP contribution < -0.4 is 0 Å². The fourth-order valence-electron chi connectivity index (χ4n) is 5.93. The van der Waals surface area contributed by atoms with Gasteiger partial charge in [-0.2, -0.15) is 0 Å². The summed E-state index contributed by atoms with van der Waals surface area (Å²) in [5.41, 5.74) is 4.56. The standard InChI is InChI=1S/C36H26O4S4/c1-17-5-7-23-21(13-17)15-29(41-23)25-9-11-27(43-25)31-19(3)34(36(39)40)32(20(4)33(31)35(37)38)28-12-10-26(44-28)30-16-22-14-18(2)6-8-24(22)42-30/h5-16H,1-4H3,(H,37,38)(H,39,40). The molecule has 218 valence electrons. The number of hydrogen-bond acceptors (Lipinski definition) is 6. The van der Waals surface area contributed by atoms with E-state index >= 15 is 0 Å². The molecule has 0 radical (unpaired) electrons. The first-order valence-electron chi connectivity index (χ1n) is 13.9. The van der Waals surface area contributed by atoms with Crippen LogP contribution in [0.15, 0.2) is 72.8 Å². The Morgan fingerprint density at radius 2 is 0.864 bits per heavy atom. The van der Waals surface area contributed by atoms with Gasteiger partial charge in [0, 0.05) is 49.8 Å². The number of carboxylic acids is 2. The minimum absolute atomic E-state index is 0.148. The van der Waals surface area contributed by atoms with E-state index in [2.05, 4.69) is 62.4 Å². The molecule has 7 aromatic rings. The predicted octanol–water partition coefficient (Wildman–Crippen LogP) is 11.5. The molecule has 0 spiro atoms. The fraction of sp³-hybridized carbons (Fsp3) is 0.111. The molecule has 0 amide bonds. The average Bonchev–Trinajstić information content (AvgIpc) is 3.77. The third kappa shape index (κ3) is 4.79. The summed E-state index contributed by atoms with van der Waals surface area (Å²) in [5.74, 6) is -2.13. The predicted molar refractivity (Wildman–Crippen MR) is 188 cm³/mol. The van der Waals surface area contributed by atoms with Crippen LogP contribution in [0, 0.1) is 27.7 Å². The van der Waals surface area contributed by atoms with E-state index in [9.17, 15) is 19.8 Å². The largest absolute Gasteiger partial charge is 0.478 e. The topological polar surface area (TPSA) is 74.6 Å². The molecule has 0 fully saturated rings. The van der Waals surface area contributed by atoms with E-state index < -0.39 is 11.9 Å². The van der Waals surface area contributed by atoms with Crippen LogP contribution in [0.2, 0.25) is 0 Å². The maximum absolute atomic E-state index is 12.9. The molecule has 0 bridgehead atoms. The number of hydrogen-bond donors (Lipinski definition) is 2. The van der Waals surface area contributed by atoms with Crippen molar-refractivity contribution in [2.24, 2.45) is 0 Å². The van der Waals surface area contributed by atoms with E-state index in [1.54, 1.807) is 36.5 Å². The number of benzene rings is 3. The van der Waals surface area contributed by atoms with Crippen molar-refractivity contribution in [1.82, 2.24) is 0 Å². The second-order valence-corrected chi connectivity index (χ2v) is 15.3. The number of carbonyl (C=O) groups is 2. The first-order valence-corrected chi connectivity index (χ1v) is 17.2. The summed E-state index contributed by atoms with van der Waals surface area (Å²) in [6, 6.07) is 24.9. The van der Waals surface area contributed by atoms with Crippen LogP contribution in [-0.4, -0.2) is 22.2 Å². The van der Waals surface area contributed by atoms with Crippen molar-refractivity contribution < 1.29 is 19.8 Å². The summed E-state index contributed by atoms with van der Waals surface area (Å²) in [5, 5.41) is 23.4. The lowest BCUT2D eigenvalue weighted by Crippen LogP contribution is -2.12. The zero-order chi connectivity index (χ0) is 30.9. The summed E-state index contributed by atoms with van der Waals surface area (Å²) >= 11 is 6.39. The lowest BCUT2D eigenvalue weighted by atomic mass is 9.86. The number of thiophene rings is 4.